The van der Waals surface area contributed by atoms with Gasteiger partial charge in [-0.2, -0.15) is 0 Å². The highest BCUT2D eigenvalue weighted by atomic mass is 16.7. The van der Waals surface area contributed by atoms with E-state index in [1.807, 2.05) is 51.1 Å². The molecule has 0 saturated heterocycles. The van der Waals surface area contributed by atoms with Crippen LogP contribution < -0.4 is 5.06 Å². The lowest BCUT2D eigenvalue weighted by Crippen LogP contribution is -2.42. The molecule has 0 aliphatic carbocycles. The van der Waals surface area contributed by atoms with Crippen LogP contribution in [0.4, 0.5) is 5.69 Å². The molecule has 0 radical (unpaired) electrons. The number of hydrogen-bond acceptors (Lipinski definition) is 3. The third-order valence-corrected chi connectivity index (χ3v) is 1.82. The summed E-state index contributed by atoms with van der Waals surface area (Å²) in [6.45, 7) is 7.37. The van der Waals surface area contributed by atoms with Crippen molar-refractivity contribution >= 4 is 11.7 Å². The van der Waals surface area contributed by atoms with Crippen molar-refractivity contribution < 1.29 is 9.63 Å². The first-order valence-corrected chi connectivity index (χ1v) is 4.95. The van der Waals surface area contributed by atoms with Gasteiger partial charge in [-0.1, -0.05) is 18.2 Å². The Labute approximate surface area is 90.6 Å². The van der Waals surface area contributed by atoms with Gasteiger partial charge in [0.15, 0.2) is 0 Å². The standard InChI is InChI=1S/C12H17NO2/c1-10(14)15-13(12(2,3)4)11-8-6-5-7-9-11/h5-9H,1-4H3. The van der Waals surface area contributed by atoms with Crippen molar-refractivity contribution in [2.24, 2.45) is 0 Å². The zero-order valence-corrected chi connectivity index (χ0v) is 9.65. The number of benzene rings is 1. The Balaban J connectivity index is 2.97. The van der Waals surface area contributed by atoms with Crippen molar-refractivity contribution in [2.45, 2.75) is 33.2 Å². The van der Waals surface area contributed by atoms with Crippen LogP contribution in [0.25, 0.3) is 0 Å². The lowest BCUT2D eigenvalue weighted by molar-refractivity contribution is -0.144. The number of rotatable bonds is 2. The zero-order chi connectivity index (χ0) is 11.5. The van der Waals surface area contributed by atoms with Gasteiger partial charge >= 0.3 is 5.97 Å². The monoisotopic (exact) mass is 207 g/mol. The summed E-state index contributed by atoms with van der Waals surface area (Å²) in [5.74, 6) is -0.311. The summed E-state index contributed by atoms with van der Waals surface area (Å²) in [5, 5.41) is 1.62. The molecule has 0 aliphatic rings. The Morgan fingerprint density at radius 2 is 1.73 bits per heavy atom. The first-order valence-electron chi connectivity index (χ1n) is 4.95. The number of carbonyl (C=O) groups is 1. The summed E-state index contributed by atoms with van der Waals surface area (Å²) in [5.41, 5.74) is 0.618. The topological polar surface area (TPSA) is 29.5 Å². The summed E-state index contributed by atoms with van der Waals surface area (Å²) in [6, 6.07) is 9.58. The molecule has 0 heterocycles. The predicted octanol–water partition coefficient (Wildman–Crippen LogP) is 2.77. The summed E-state index contributed by atoms with van der Waals surface area (Å²) >= 11 is 0. The van der Waals surface area contributed by atoms with Crippen LogP contribution in [0.3, 0.4) is 0 Å². The quantitative estimate of drug-likeness (QED) is 0.698. The number of anilines is 1. The number of carbonyl (C=O) groups excluding carboxylic acids is 1. The highest BCUT2D eigenvalue weighted by Gasteiger charge is 2.24. The van der Waals surface area contributed by atoms with E-state index >= 15 is 0 Å². The molecule has 0 aromatic heterocycles. The minimum atomic E-state index is -0.311. The molecule has 0 aliphatic heterocycles. The van der Waals surface area contributed by atoms with E-state index in [4.69, 9.17) is 4.84 Å². The lowest BCUT2D eigenvalue weighted by Gasteiger charge is -2.34. The molecule has 82 valence electrons. The highest BCUT2D eigenvalue weighted by molar-refractivity contribution is 5.68. The summed E-state index contributed by atoms with van der Waals surface area (Å²) in [7, 11) is 0. The van der Waals surface area contributed by atoms with E-state index in [1.54, 1.807) is 5.06 Å². The van der Waals surface area contributed by atoms with Crippen molar-refractivity contribution in [1.82, 2.24) is 0 Å². The second-order valence-corrected chi connectivity index (χ2v) is 4.38. The largest absolute Gasteiger partial charge is 0.341 e. The SMILES string of the molecule is CC(=O)ON(c1ccccc1)C(C)(C)C. The maximum absolute atomic E-state index is 11.0. The third kappa shape index (κ3) is 3.27. The van der Waals surface area contributed by atoms with Gasteiger partial charge in [0.25, 0.3) is 0 Å². The van der Waals surface area contributed by atoms with Crippen molar-refractivity contribution in [3.63, 3.8) is 0 Å². The molecule has 0 bridgehead atoms. The molecule has 0 amide bonds. The van der Waals surface area contributed by atoms with Gasteiger partial charge in [0.2, 0.25) is 0 Å². The average molecular weight is 207 g/mol. The van der Waals surface area contributed by atoms with Crippen molar-refractivity contribution in [3.05, 3.63) is 30.3 Å². The van der Waals surface area contributed by atoms with E-state index in [0.29, 0.717) is 0 Å². The van der Waals surface area contributed by atoms with E-state index in [9.17, 15) is 4.79 Å². The van der Waals surface area contributed by atoms with Gasteiger partial charge in [0.1, 0.15) is 0 Å². The molecule has 1 aromatic carbocycles. The van der Waals surface area contributed by atoms with Crippen molar-refractivity contribution in [1.29, 1.82) is 0 Å². The predicted molar refractivity (Wildman–Crippen MR) is 60.4 cm³/mol. The number of hydrogen-bond donors (Lipinski definition) is 0. The van der Waals surface area contributed by atoms with Crippen LogP contribution in [0.2, 0.25) is 0 Å². The van der Waals surface area contributed by atoms with Gasteiger partial charge in [0, 0.05) is 6.92 Å². The Morgan fingerprint density at radius 1 is 1.20 bits per heavy atom. The zero-order valence-electron chi connectivity index (χ0n) is 9.65. The van der Waals surface area contributed by atoms with Gasteiger partial charge < -0.3 is 4.84 Å². The van der Waals surface area contributed by atoms with Gasteiger partial charge in [-0.15, -0.1) is 0 Å². The molecule has 0 spiro atoms. The lowest BCUT2D eigenvalue weighted by atomic mass is 10.1. The molecule has 3 nitrogen and oxygen atoms in total. The van der Waals surface area contributed by atoms with Crippen molar-refractivity contribution in [3.8, 4) is 0 Å². The molecule has 0 saturated carbocycles. The molecule has 15 heavy (non-hydrogen) atoms. The normalized spacial score (nSPS) is 10.9. The van der Waals surface area contributed by atoms with Crippen molar-refractivity contribution in [2.75, 3.05) is 5.06 Å². The van der Waals surface area contributed by atoms with E-state index in [1.165, 1.54) is 6.92 Å². The molecule has 1 rings (SSSR count). The molecular formula is C12H17NO2. The first-order chi connectivity index (χ1) is 6.91. The second kappa shape index (κ2) is 4.34. The smallest absolute Gasteiger partial charge is 0.329 e. The van der Waals surface area contributed by atoms with Crippen LogP contribution in [-0.4, -0.2) is 11.5 Å². The van der Waals surface area contributed by atoms with Crippen LogP contribution in [0, 0.1) is 0 Å². The molecule has 0 fully saturated rings. The summed E-state index contributed by atoms with van der Waals surface area (Å²) < 4.78 is 0. The maximum Gasteiger partial charge on any atom is 0.329 e. The molecular weight excluding hydrogens is 190 g/mol. The van der Waals surface area contributed by atoms with E-state index in [-0.39, 0.29) is 11.5 Å². The molecule has 3 heteroatoms. The fraction of sp³-hybridized carbons (Fsp3) is 0.417. The Bertz CT molecular complexity index is 327. The number of para-hydroxylation sites is 1. The van der Waals surface area contributed by atoms with Crippen LogP contribution in [0.1, 0.15) is 27.7 Å². The molecule has 0 N–H and O–H groups in total. The third-order valence-electron chi connectivity index (χ3n) is 1.82. The highest BCUT2D eigenvalue weighted by Crippen LogP contribution is 2.23. The van der Waals surface area contributed by atoms with Gasteiger partial charge in [-0.05, 0) is 32.9 Å². The maximum atomic E-state index is 11.0. The molecule has 0 atom stereocenters. The van der Waals surface area contributed by atoms with Crippen LogP contribution >= 0.6 is 0 Å². The van der Waals surface area contributed by atoms with Gasteiger partial charge in [-0.3, -0.25) is 4.79 Å². The van der Waals surface area contributed by atoms with Gasteiger partial charge in [-0.25, -0.2) is 5.06 Å². The first kappa shape index (κ1) is 11.6. The molecule has 1 aromatic rings. The van der Waals surface area contributed by atoms with Crippen LogP contribution in [0.15, 0.2) is 30.3 Å². The minimum absolute atomic E-state index is 0.257. The fourth-order valence-corrected chi connectivity index (χ4v) is 1.27. The second-order valence-electron chi connectivity index (χ2n) is 4.38. The summed E-state index contributed by atoms with van der Waals surface area (Å²) in [6.07, 6.45) is 0. The summed E-state index contributed by atoms with van der Waals surface area (Å²) in [4.78, 5) is 16.2. The van der Waals surface area contributed by atoms with E-state index in [0.717, 1.165) is 5.69 Å². The van der Waals surface area contributed by atoms with Gasteiger partial charge in [0.05, 0.1) is 11.2 Å². The Hall–Kier alpha value is -1.51. The van der Waals surface area contributed by atoms with Crippen LogP contribution in [-0.2, 0) is 9.63 Å². The molecule has 0 unspecified atom stereocenters. The number of hydroxylamine groups is 1. The minimum Gasteiger partial charge on any atom is -0.341 e. The number of nitrogens with zero attached hydrogens (tertiary/aromatic N) is 1. The van der Waals surface area contributed by atoms with E-state index in [2.05, 4.69) is 0 Å². The Morgan fingerprint density at radius 3 is 2.13 bits per heavy atom. The van der Waals surface area contributed by atoms with E-state index < -0.39 is 0 Å². The fourth-order valence-electron chi connectivity index (χ4n) is 1.27. The average Bonchev–Trinajstić information content (AvgIpc) is 2.14. The Kier molecular flexibility index (Phi) is 3.35. The van der Waals surface area contributed by atoms with Crippen LogP contribution in [0.5, 0.6) is 0 Å².